The summed E-state index contributed by atoms with van der Waals surface area (Å²) in [6.07, 6.45) is 1.44. The van der Waals surface area contributed by atoms with Crippen molar-refractivity contribution in [3.8, 4) is 11.8 Å². The predicted octanol–water partition coefficient (Wildman–Crippen LogP) is 5.87. The minimum atomic E-state index is -0.662. The van der Waals surface area contributed by atoms with Gasteiger partial charge in [-0.3, -0.25) is 14.9 Å². The molecule has 0 unspecified atom stereocenters. The Hall–Kier alpha value is -4.96. The number of benzene rings is 4. The molecule has 4 aromatic carbocycles. The number of hydrogen-bond donors (Lipinski definition) is 1. The summed E-state index contributed by atoms with van der Waals surface area (Å²) in [5.41, 5.74) is 1.59. The van der Waals surface area contributed by atoms with E-state index in [0.29, 0.717) is 17.9 Å². The molecule has 7 nitrogen and oxygen atoms in total. The third-order valence-electron chi connectivity index (χ3n) is 5.12. The van der Waals surface area contributed by atoms with E-state index in [1.165, 1.54) is 30.3 Å². The number of rotatable bonds is 7. The summed E-state index contributed by atoms with van der Waals surface area (Å²) in [5.74, 6) is -0.0665. The van der Waals surface area contributed by atoms with Crippen molar-refractivity contribution in [1.29, 1.82) is 5.26 Å². The number of nitrogens with one attached hydrogen (secondary N) is 1. The zero-order chi connectivity index (χ0) is 23.9. The van der Waals surface area contributed by atoms with Gasteiger partial charge in [0, 0.05) is 17.8 Å². The molecule has 4 aromatic rings. The molecule has 0 fully saturated rings. The van der Waals surface area contributed by atoms with Gasteiger partial charge in [0.15, 0.2) is 0 Å². The van der Waals surface area contributed by atoms with Crippen LogP contribution in [-0.4, -0.2) is 10.8 Å². The first-order valence-corrected chi connectivity index (χ1v) is 10.4. The summed E-state index contributed by atoms with van der Waals surface area (Å²) >= 11 is 0. The molecule has 166 valence electrons. The quantitative estimate of drug-likeness (QED) is 0.164. The van der Waals surface area contributed by atoms with Crippen LogP contribution in [0.15, 0.2) is 96.6 Å². The average molecular weight is 449 g/mol. The summed E-state index contributed by atoms with van der Waals surface area (Å²) < 4.78 is 5.97. The molecule has 4 rings (SSSR count). The molecule has 0 atom stereocenters. The van der Waals surface area contributed by atoms with Crippen molar-refractivity contribution in [1.82, 2.24) is 0 Å². The van der Waals surface area contributed by atoms with E-state index in [2.05, 4.69) is 5.32 Å². The lowest BCUT2D eigenvalue weighted by Crippen LogP contribution is -2.13. The fourth-order valence-electron chi connectivity index (χ4n) is 3.48. The van der Waals surface area contributed by atoms with E-state index in [4.69, 9.17) is 4.74 Å². The Bertz CT molecular complexity index is 1450. The van der Waals surface area contributed by atoms with Gasteiger partial charge >= 0.3 is 0 Å². The van der Waals surface area contributed by atoms with E-state index in [9.17, 15) is 20.2 Å². The number of amides is 1. The smallest absolute Gasteiger partial charge is 0.271 e. The Balaban J connectivity index is 1.49. The third-order valence-corrected chi connectivity index (χ3v) is 5.12. The summed E-state index contributed by atoms with van der Waals surface area (Å²) in [6, 6.07) is 28.6. The Morgan fingerprint density at radius 3 is 2.59 bits per heavy atom. The maximum Gasteiger partial charge on any atom is 0.271 e. The maximum absolute atomic E-state index is 12.5. The van der Waals surface area contributed by atoms with Crippen LogP contribution in [0, 0.1) is 21.4 Å². The van der Waals surface area contributed by atoms with Gasteiger partial charge in [-0.2, -0.15) is 5.26 Å². The van der Waals surface area contributed by atoms with Crippen molar-refractivity contribution >= 4 is 34.1 Å². The minimum Gasteiger partial charge on any atom is -0.489 e. The van der Waals surface area contributed by atoms with Crippen molar-refractivity contribution in [2.75, 3.05) is 5.32 Å². The molecule has 0 aromatic heterocycles. The van der Waals surface area contributed by atoms with Gasteiger partial charge in [0.1, 0.15) is 24.0 Å². The number of non-ortho nitro benzene ring substituents is 1. The topological polar surface area (TPSA) is 105 Å². The van der Waals surface area contributed by atoms with Gasteiger partial charge in [-0.15, -0.1) is 0 Å². The van der Waals surface area contributed by atoms with Gasteiger partial charge in [0.2, 0.25) is 0 Å². The predicted molar refractivity (Wildman–Crippen MR) is 130 cm³/mol. The Morgan fingerprint density at radius 1 is 1.00 bits per heavy atom. The number of nitro groups is 1. The second-order valence-electron chi connectivity index (χ2n) is 7.43. The lowest BCUT2D eigenvalue weighted by molar-refractivity contribution is -0.384. The number of hydrogen-bond acceptors (Lipinski definition) is 5. The number of carbonyl (C=O) groups excluding carboxylic acids is 1. The van der Waals surface area contributed by atoms with E-state index >= 15 is 0 Å². The van der Waals surface area contributed by atoms with E-state index in [1.807, 2.05) is 48.5 Å². The maximum atomic E-state index is 12.5. The van der Waals surface area contributed by atoms with E-state index < -0.39 is 10.8 Å². The second-order valence-corrected chi connectivity index (χ2v) is 7.43. The lowest BCUT2D eigenvalue weighted by atomic mass is 10.1. The number of anilines is 1. The number of ether oxygens (including phenoxy) is 1. The highest BCUT2D eigenvalue weighted by molar-refractivity contribution is 6.09. The molecule has 0 heterocycles. The van der Waals surface area contributed by atoms with E-state index in [1.54, 1.807) is 24.3 Å². The Morgan fingerprint density at radius 2 is 1.76 bits per heavy atom. The van der Waals surface area contributed by atoms with Crippen LogP contribution >= 0.6 is 0 Å². The molecular weight excluding hydrogens is 430 g/mol. The molecule has 0 saturated carbocycles. The SMILES string of the molecule is N#C/C(=C\c1cccc(OCc2cccc3ccccc23)c1)C(=O)Nc1cccc([N+](=O)[O-])c1. The standard InChI is InChI=1S/C27H19N3O4/c28-17-22(27(31)29-23-10-5-11-24(16-23)30(32)33)14-19-6-3-12-25(15-19)34-18-21-9-4-8-20-7-1-2-13-26(20)21/h1-16H,18H2,(H,29,31)/b22-14+. The summed E-state index contributed by atoms with van der Waals surface area (Å²) in [5, 5.41) is 25.2. The Kier molecular flexibility index (Phi) is 6.61. The number of nitrogens with zero attached hydrogens (tertiary/aromatic N) is 2. The summed E-state index contributed by atoms with van der Waals surface area (Å²) in [7, 11) is 0. The molecule has 0 spiro atoms. The molecule has 0 aliphatic heterocycles. The minimum absolute atomic E-state index is 0.141. The molecule has 0 saturated heterocycles. The number of nitro benzene ring substituents is 1. The van der Waals surface area contributed by atoms with E-state index in [0.717, 1.165) is 16.3 Å². The van der Waals surface area contributed by atoms with Crippen molar-refractivity contribution in [2.24, 2.45) is 0 Å². The normalized spacial score (nSPS) is 11.0. The molecule has 7 heteroatoms. The first kappa shape index (κ1) is 22.2. The molecule has 34 heavy (non-hydrogen) atoms. The summed E-state index contributed by atoms with van der Waals surface area (Å²) in [4.78, 5) is 22.9. The van der Waals surface area contributed by atoms with Gasteiger partial charge in [-0.25, -0.2) is 0 Å². The number of nitriles is 1. The average Bonchev–Trinajstić information content (AvgIpc) is 2.86. The van der Waals surface area contributed by atoms with Crippen molar-refractivity contribution in [3.63, 3.8) is 0 Å². The van der Waals surface area contributed by atoms with Gasteiger partial charge in [-0.05, 0) is 46.2 Å². The number of fused-ring (bicyclic) bond motifs is 1. The zero-order valence-electron chi connectivity index (χ0n) is 18.0. The lowest BCUT2D eigenvalue weighted by Gasteiger charge is -2.10. The molecule has 0 aliphatic carbocycles. The largest absolute Gasteiger partial charge is 0.489 e. The highest BCUT2D eigenvalue weighted by atomic mass is 16.6. The van der Waals surface area contributed by atoms with Crippen LogP contribution in [0.25, 0.3) is 16.8 Å². The molecule has 0 radical (unpaired) electrons. The third kappa shape index (κ3) is 5.26. The highest BCUT2D eigenvalue weighted by Crippen LogP contribution is 2.22. The highest BCUT2D eigenvalue weighted by Gasteiger charge is 2.12. The first-order chi connectivity index (χ1) is 16.5. The fraction of sp³-hybridized carbons (Fsp3) is 0.0370. The zero-order valence-corrected chi connectivity index (χ0v) is 18.0. The van der Waals surface area contributed by atoms with Crippen LogP contribution < -0.4 is 10.1 Å². The molecular formula is C27H19N3O4. The first-order valence-electron chi connectivity index (χ1n) is 10.4. The second kappa shape index (κ2) is 10.1. The monoisotopic (exact) mass is 449 g/mol. The van der Waals surface area contributed by atoms with Crippen LogP contribution in [0.2, 0.25) is 0 Å². The van der Waals surface area contributed by atoms with Crippen molar-refractivity contribution < 1.29 is 14.5 Å². The van der Waals surface area contributed by atoms with Crippen LogP contribution in [-0.2, 0) is 11.4 Å². The molecule has 0 bridgehead atoms. The number of carbonyl (C=O) groups is 1. The van der Waals surface area contributed by atoms with Crippen LogP contribution in [0.4, 0.5) is 11.4 Å². The van der Waals surface area contributed by atoms with Crippen LogP contribution in [0.3, 0.4) is 0 Å². The van der Waals surface area contributed by atoms with Crippen LogP contribution in [0.5, 0.6) is 5.75 Å². The van der Waals surface area contributed by atoms with Crippen LogP contribution in [0.1, 0.15) is 11.1 Å². The van der Waals surface area contributed by atoms with E-state index in [-0.39, 0.29) is 16.9 Å². The molecule has 1 N–H and O–H groups in total. The van der Waals surface area contributed by atoms with Crippen molar-refractivity contribution in [2.45, 2.75) is 6.61 Å². The Labute approximate surface area is 195 Å². The molecule has 1 amide bonds. The van der Waals surface area contributed by atoms with Gasteiger partial charge in [0.05, 0.1) is 4.92 Å². The van der Waals surface area contributed by atoms with Gasteiger partial charge < -0.3 is 10.1 Å². The summed E-state index contributed by atoms with van der Waals surface area (Å²) in [6.45, 7) is 0.368. The van der Waals surface area contributed by atoms with Gasteiger partial charge in [0.25, 0.3) is 11.6 Å². The van der Waals surface area contributed by atoms with Crippen molar-refractivity contribution in [3.05, 3.63) is 118 Å². The van der Waals surface area contributed by atoms with Gasteiger partial charge in [-0.1, -0.05) is 60.7 Å². The molecule has 0 aliphatic rings. The fourth-order valence-corrected chi connectivity index (χ4v) is 3.48.